The van der Waals surface area contributed by atoms with Crippen LogP contribution in [0.4, 0.5) is 0 Å². The zero-order valence-corrected chi connectivity index (χ0v) is 9.50. The van der Waals surface area contributed by atoms with E-state index in [9.17, 15) is 5.11 Å². The number of aromatic hydroxyl groups is 1. The van der Waals surface area contributed by atoms with Crippen molar-refractivity contribution in [2.45, 2.75) is 6.92 Å². The van der Waals surface area contributed by atoms with Crippen molar-refractivity contribution in [3.63, 3.8) is 0 Å². The molecule has 3 heteroatoms. The topological polar surface area (TPSA) is 57.5 Å². The molecule has 17 heavy (non-hydrogen) atoms. The van der Waals surface area contributed by atoms with Crippen molar-refractivity contribution >= 4 is 5.97 Å². The van der Waals surface area contributed by atoms with Gasteiger partial charge in [-0.1, -0.05) is 48.5 Å². The van der Waals surface area contributed by atoms with E-state index in [1.54, 1.807) is 6.07 Å². The highest BCUT2D eigenvalue weighted by molar-refractivity contribution is 5.69. The standard InChI is InChI=1S/C12H10O.C2H4O2/c13-12-9-5-4-8-11(12)10-6-2-1-3-7-10;1-2(3)4/h1-9,13H;1H3,(H,3,4). The predicted molar refractivity (Wildman–Crippen MR) is 66.9 cm³/mol. The second-order valence-electron chi connectivity index (χ2n) is 3.40. The molecule has 3 nitrogen and oxygen atoms in total. The Kier molecular flexibility index (Phi) is 4.76. The highest BCUT2D eigenvalue weighted by atomic mass is 16.4. The molecule has 0 bridgehead atoms. The van der Waals surface area contributed by atoms with E-state index in [-0.39, 0.29) is 0 Å². The molecule has 0 spiro atoms. The molecule has 0 aliphatic heterocycles. The van der Waals surface area contributed by atoms with E-state index < -0.39 is 5.97 Å². The van der Waals surface area contributed by atoms with Gasteiger partial charge in [0.05, 0.1) is 0 Å². The van der Waals surface area contributed by atoms with Crippen LogP contribution in [0.3, 0.4) is 0 Å². The number of hydrogen-bond donors (Lipinski definition) is 2. The molecule has 2 aromatic carbocycles. The number of carboxylic acids is 1. The summed E-state index contributed by atoms with van der Waals surface area (Å²) in [6, 6.07) is 17.2. The summed E-state index contributed by atoms with van der Waals surface area (Å²) in [5, 5.41) is 17.0. The number of para-hydroxylation sites is 1. The van der Waals surface area contributed by atoms with E-state index >= 15 is 0 Å². The van der Waals surface area contributed by atoms with Crippen molar-refractivity contribution in [1.29, 1.82) is 0 Å². The molecule has 88 valence electrons. The molecule has 0 saturated heterocycles. The molecule has 0 unspecified atom stereocenters. The number of aliphatic carboxylic acids is 1. The van der Waals surface area contributed by atoms with E-state index in [1.165, 1.54) is 0 Å². The first-order chi connectivity index (χ1) is 8.11. The molecule has 0 heterocycles. The minimum atomic E-state index is -0.833. The highest BCUT2D eigenvalue weighted by Gasteiger charge is 2.00. The molecular formula is C14H14O3. The van der Waals surface area contributed by atoms with Crippen molar-refractivity contribution < 1.29 is 15.0 Å². The van der Waals surface area contributed by atoms with E-state index in [4.69, 9.17) is 9.90 Å². The molecule has 2 rings (SSSR count). The first kappa shape index (κ1) is 12.8. The molecule has 0 fully saturated rings. The third kappa shape index (κ3) is 4.38. The Hall–Kier alpha value is -2.29. The van der Waals surface area contributed by atoms with Gasteiger partial charge in [-0.3, -0.25) is 4.79 Å². The summed E-state index contributed by atoms with van der Waals surface area (Å²) in [6.45, 7) is 1.08. The maximum Gasteiger partial charge on any atom is 0.300 e. The zero-order chi connectivity index (χ0) is 12.7. The Bertz CT molecular complexity index is 474. The third-order valence-electron chi connectivity index (χ3n) is 1.99. The lowest BCUT2D eigenvalue weighted by atomic mass is 10.1. The SMILES string of the molecule is CC(=O)O.Oc1ccccc1-c1ccccc1. The van der Waals surface area contributed by atoms with Crippen LogP contribution in [-0.2, 0) is 4.79 Å². The minimum Gasteiger partial charge on any atom is -0.507 e. The first-order valence-corrected chi connectivity index (χ1v) is 5.14. The number of carbonyl (C=O) groups is 1. The van der Waals surface area contributed by atoms with Crippen LogP contribution in [0, 0.1) is 0 Å². The molecule has 0 radical (unpaired) electrons. The molecule has 0 aliphatic carbocycles. The summed E-state index contributed by atoms with van der Waals surface area (Å²) < 4.78 is 0. The summed E-state index contributed by atoms with van der Waals surface area (Å²) in [5.74, 6) is -0.506. The number of benzene rings is 2. The average molecular weight is 230 g/mol. The Morgan fingerprint density at radius 3 is 1.94 bits per heavy atom. The monoisotopic (exact) mass is 230 g/mol. The van der Waals surface area contributed by atoms with Crippen molar-refractivity contribution in [2.24, 2.45) is 0 Å². The summed E-state index contributed by atoms with van der Waals surface area (Å²) in [4.78, 5) is 9.00. The van der Waals surface area contributed by atoms with Crippen LogP contribution >= 0.6 is 0 Å². The fraction of sp³-hybridized carbons (Fsp3) is 0.0714. The maximum atomic E-state index is 9.56. The fourth-order valence-corrected chi connectivity index (χ4v) is 1.34. The summed E-state index contributed by atoms with van der Waals surface area (Å²) in [5.41, 5.74) is 1.92. The summed E-state index contributed by atoms with van der Waals surface area (Å²) in [7, 11) is 0. The van der Waals surface area contributed by atoms with Crippen LogP contribution in [0.2, 0.25) is 0 Å². The van der Waals surface area contributed by atoms with Crippen molar-refractivity contribution in [3.8, 4) is 16.9 Å². The van der Waals surface area contributed by atoms with Crippen LogP contribution < -0.4 is 0 Å². The zero-order valence-electron chi connectivity index (χ0n) is 9.50. The lowest BCUT2D eigenvalue weighted by Crippen LogP contribution is -1.78. The predicted octanol–water partition coefficient (Wildman–Crippen LogP) is 3.15. The minimum absolute atomic E-state index is 0.328. The lowest BCUT2D eigenvalue weighted by molar-refractivity contribution is -0.134. The van der Waals surface area contributed by atoms with Crippen LogP contribution in [0.5, 0.6) is 5.75 Å². The van der Waals surface area contributed by atoms with Gasteiger partial charge in [0.2, 0.25) is 0 Å². The second-order valence-corrected chi connectivity index (χ2v) is 3.40. The summed E-state index contributed by atoms with van der Waals surface area (Å²) >= 11 is 0. The number of carboxylic acid groups (broad SMARTS) is 1. The largest absolute Gasteiger partial charge is 0.507 e. The van der Waals surface area contributed by atoms with E-state index in [0.29, 0.717) is 5.75 Å². The normalized spacial score (nSPS) is 9.00. The van der Waals surface area contributed by atoms with Gasteiger partial charge in [0, 0.05) is 12.5 Å². The average Bonchev–Trinajstić information content (AvgIpc) is 2.30. The highest BCUT2D eigenvalue weighted by Crippen LogP contribution is 2.27. The third-order valence-corrected chi connectivity index (χ3v) is 1.99. The fourth-order valence-electron chi connectivity index (χ4n) is 1.34. The Morgan fingerprint density at radius 1 is 0.941 bits per heavy atom. The molecule has 2 N–H and O–H groups in total. The Morgan fingerprint density at radius 2 is 1.41 bits per heavy atom. The molecular weight excluding hydrogens is 216 g/mol. The maximum absolute atomic E-state index is 9.56. The van der Waals surface area contributed by atoms with Crippen LogP contribution in [0.25, 0.3) is 11.1 Å². The molecule has 0 atom stereocenters. The van der Waals surface area contributed by atoms with Gasteiger partial charge in [0.25, 0.3) is 5.97 Å². The lowest BCUT2D eigenvalue weighted by Gasteiger charge is -2.02. The summed E-state index contributed by atoms with van der Waals surface area (Å²) in [6.07, 6.45) is 0. The Balaban J connectivity index is 0.000000317. The van der Waals surface area contributed by atoms with Gasteiger partial charge in [0.15, 0.2) is 0 Å². The van der Waals surface area contributed by atoms with Crippen LogP contribution in [0.15, 0.2) is 54.6 Å². The van der Waals surface area contributed by atoms with Gasteiger partial charge in [-0.2, -0.15) is 0 Å². The number of hydrogen-bond acceptors (Lipinski definition) is 2. The molecule has 0 saturated carbocycles. The van der Waals surface area contributed by atoms with Gasteiger partial charge in [-0.15, -0.1) is 0 Å². The Labute approximate surface area is 100.0 Å². The van der Waals surface area contributed by atoms with Gasteiger partial charge < -0.3 is 10.2 Å². The number of phenols is 1. The smallest absolute Gasteiger partial charge is 0.300 e. The van der Waals surface area contributed by atoms with Gasteiger partial charge in [0.1, 0.15) is 5.75 Å². The van der Waals surface area contributed by atoms with E-state index in [1.807, 2.05) is 48.5 Å². The van der Waals surface area contributed by atoms with Crippen molar-refractivity contribution in [1.82, 2.24) is 0 Å². The second kappa shape index (κ2) is 6.33. The van der Waals surface area contributed by atoms with Crippen LogP contribution in [-0.4, -0.2) is 16.2 Å². The molecule has 0 amide bonds. The van der Waals surface area contributed by atoms with Crippen molar-refractivity contribution in [3.05, 3.63) is 54.6 Å². The molecule has 2 aromatic rings. The van der Waals surface area contributed by atoms with E-state index in [0.717, 1.165) is 18.1 Å². The first-order valence-electron chi connectivity index (χ1n) is 5.14. The van der Waals surface area contributed by atoms with E-state index in [2.05, 4.69) is 0 Å². The molecule has 0 aliphatic rings. The van der Waals surface area contributed by atoms with Gasteiger partial charge >= 0.3 is 0 Å². The molecule has 0 aromatic heterocycles. The van der Waals surface area contributed by atoms with Crippen molar-refractivity contribution in [2.75, 3.05) is 0 Å². The van der Waals surface area contributed by atoms with Gasteiger partial charge in [-0.25, -0.2) is 0 Å². The quantitative estimate of drug-likeness (QED) is 0.791. The van der Waals surface area contributed by atoms with Crippen LogP contribution in [0.1, 0.15) is 6.92 Å². The number of phenolic OH excluding ortho intramolecular Hbond substituents is 1. The van der Waals surface area contributed by atoms with Gasteiger partial charge in [-0.05, 0) is 11.6 Å². The number of rotatable bonds is 1.